The van der Waals surface area contributed by atoms with Gasteiger partial charge in [0.05, 0.1) is 101 Å². The average molecular weight is 1630 g/mol. The molecule has 0 aromatic carbocycles. The van der Waals surface area contributed by atoms with Crippen molar-refractivity contribution in [1.29, 1.82) is 0 Å². The van der Waals surface area contributed by atoms with Gasteiger partial charge in [-0.15, -0.1) is 0 Å². The summed E-state index contributed by atoms with van der Waals surface area (Å²) < 4.78 is 12.8. The third-order valence-electron chi connectivity index (χ3n) is 19.0. The molecule has 0 saturated heterocycles. The van der Waals surface area contributed by atoms with Crippen LogP contribution in [0.2, 0.25) is 0 Å². The van der Waals surface area contributed by atoms with Crippen molar-refractivity contribution in [1.82, 2.24) is 119 Å². The highest BCUT2D eigenvalue weighted by atomic mass is 16.3. The maximum atomic E-state index is 12.8. The van der Waals surface area contributed by atoms with Crippen LogP contribution in [0, 0.1) is 0 Å². The van der Waals surface area contributed by atoms with E-state index in [0.717, 1.165) is 55.5 Å². The number of amides is 8. The molecule has 16 heterocycles. The van der Waals surface area contributed by atoms with Crippen LogP contribution in [0.15, 0.2) is 171 Å². The lowest BCUT2D eigenvalue weighted by atomic mass is 10.1. The molecule has 40 heteroatoms. The maximum absolute atomic E-state index is 12.8. The summed E-state index contributed by atoms with van der Waals surface area (Å²) in [6.45, 7) is 3.08. The van der Waals surface area contributed by atoms with Crippen LogP contribution >= 0.6 is 0 Å². The fourth-order valence-corrected chi connectivity index (χ4v) is 12.9. The molecule has 4 aliphatic rings. The van der Waals surface area contributed by atoms with Crippen LogP contribution < -0.4 is 42.5 Å². The van der Waals surface area contributed by atoms with Gasteiger partial charge in [0.25, 0.3) is 47.3 Å². The van der Waals surface area contributed by atoms with Crippen LogP contribution in [0.5, 0.6) is 0 Å². The number of carbonyl (C=O) groups is 8. The van der Waals surface area contributed by atoms with E-state index in [1.807, 2.05) is 64.4 Å². The Morgan fingerprint density at radius 1 is 0.325 bits per heavy atom. The van der Waals surface area contributed by atoms with Crippen LogP contribution in [-0.2, 0) is 54.4 Å². The molecule has 0 fully saturated rings. The van der Waals surface area contributed by atoms with E-state index in [1.165, 1.54) is 29.6 Å². The molecule has 12 N–H and O–H groups in total. The zero-order chi connectivity index (χ0) is 84.3. The van der Waals surface area contributed by atoms with Crippen molar-refractivity contribution < 1.29 is 58.8 Å². The first-order chi connectivity index (χ1) is 58.0. The number of aliphatic hydroxyl groups excluding tert-OH is 4. The van der Waals surface area contributed by atoms with Gasteiger partial charge in [0.1, 0.15) is 22.8 Å². The number of nitrogens with zero attached hydrogens (tertiary/aromatic N) is 20. The molecule has 8 amide bonds. The summed E-state index contributed by atoms with van der Waals surface area (Å²) in [7, 11) is 6.66. The number of carbonyl (C=O) groups excluding carboxylic acids is 8. The summed E-state index contributed by atoms with van der Waals surface area (Å²) in [6, 6.07) is 20.6. The fraction of sp³-hybridized carbons (Fsp3) is 0.300. The average Bonchev–Trinajstić information content (AvgIpc) is 1.72. The first kappa shape index (κ1) is 83.3. The Kier molecular flexibility index (Phi) is 27.0. The highest BCUT2D eigenvalue weighted by Gasteiger charge is 2.27. The number of aromatic nitrogens is 20. The smallest absolute Gasteiger partial charge is 0.274 e. The lowest BCUT2D eigenvalue weighted by Crippen LogP contribution is -2.39. The minimum absolute atomic E-state index is 0.00362. The molecule has 0 radical (unpaired) electrons. The topological polar surface area (TPSA) is 508 Å². The lowest BCUT2D eigenvalue weighted by Gasteiger charge is -2.18. The van der Waals surface area contributed by atoms with E-state index in [9.17, 15) is 58.8 Å². The molecule has 16 bridgehead atoms. The number of hydrogen-bond donors (Lipinski definition) is 12. The number of β-amino-alcohol motifs (C(OH)–C–C–N with tert-alkyl or cyclic N) is 1. The van der Waals surface area contributed by atoms with Crippen molar-refractivity contribution >= 4 is 70.0 Å². The van der Waals surface area contributed by atoms with Crippen molar-refractivity contribution in [3.05, 3.63) is 217 Å². The predicted octanol–water partition coefficient (Wildman–Crippen LogP) is 4.37. The van der Waals surface area contributed by atoms with Crippen LogP contribution in [-0.4, -0.2) is 216 Å². The van der Waals surface area contributed by atoms with Crippen molar-refractivity contribution in [3.8, 4) is 45.0 Å². The molecule has 12 aromatic rings. The summed E-state index contributed by atoms with van der Waals surface area (Å²) >= 11 is 0. The minimum atomic E-state index is -1.14. The second-order valence-electron chi connectivity index (χ2n) is 28.3. The molecule has 16 rings (SSSR count). The largest absolute Gasteiger partial charge is 0.390 e. The number of hydrogen-bond acceptors (Lipinski definition) is 24. The minimum Gasteiger partial charge on any atom is -0.390 e. The second kappa shape index (κ2) is 38.9. The highest BCUT2D eigenvalue weighted by Crippen LogP contribution is 2.26. The van der Waals surface area contributed by atoms with Crippen LogP contribution in [0.25, 0.3) is 45.0 Å². The summed E-state index contributed by atoms with van der Waals surface area (Å²) in [4.78, 5) is 119. The number of fused-ring (bicyclic) bond motifs is 24. The molecular formula is C80H88N28O12. The van der Waals surface area contributed by atoms with Crippen molar-refractivity contribution in [3.63, 3.8) is 0 Å². The van der Waals surface area contributed by atoms with Gasteiger partial charge in [0.2, 0.25) is 0 Å². The molecule has 620 valence electrons. The van der Waals surface area contributed by atoms with Gasteiger partial charge in [-0.25, -0.2) is 19.9 Å². The van der Waals surface area contributed by atoms with Gasteiger partial charge >= 0.3 is 0 Å². The monoisotopic (exact) mass is 1630 g/mol. The third-order valence-corrected chi connectivity index (χ3v) is 19.0. The van der Waals surface area contributed by atoms with Crippen LogP contribution in [0.4, 0.5) is 22.7 Å². The number of rotatable bonds is 0. The van der Waals surface area contributed by atoms with Crippen molar-refractivity contribution in [2.24, 2.45) is 28.2 Å². The van der Waals surface area contributed by atoms with Crippen molar-refractivity contribution in [2.75, 3.05) is 47.4 Å². The zero-order valence-corrected chi connectivity index (χ0v) is 65.8. The van der Waals surface area contributed by atoms with Gasteiger partial charge in [-0.2, -0.15) is 40.8 Å². The van der Waals surface area contributed by atoms with Crippen molar-refractivity contribution in [2.45, 2.75) is 102 Å². The Hall–Kier alpha value is -14.6. The molecule has 4 atom stereocenters. The van der Waals surface area contributed by atoms with E-state index in [1.54, 1.807) is 143 Å². The first-order valence-corrected chi connectivity index (χ1v) is 38.6. The standard InChI is InChI=1S/2C20H23N7O4.2C20H21N7O2/c1-26-11-15-18(25-26)20(31)21-9-17(29)16(28)6-3-7-27-10-12(8-22-27)13-4-2-5-14(23-13)19(30)24-15;1-26-10-15-18(25-26)20(31)21-7-3-6-16(28)17(29)11-27-9-12(8-22-27)13-4-2-5-14(23-13)19(30)24-15;2*1-26-13-17-18(25-26)20(29)21-9-4-2-3-5-10-27-12-14(11-22-27)15-7-6-8-16(23-15)19(28)24-17/h2,4-5,8,10-11,16-17,28-29H,3,6-7,9H2,1H3,(H,21,31)(H,24,30);2,4-5,8-10,16-17,28-29H,3,6-7,11H2,1H3,(H,21,31)(H,24,30);2*2,4,6-8,11-13H,3,5,9-10H2,1H3,(H,21,29)(H,24,28)/b;;4-2+;4-2-. The number of nitrogens with one attached hydrogen (secondary N) is 8. The Balaban J connectivity index is 0.000000138. The van der Waals surface area contributed by atoms with Gasteiger partial charge in [-0.1, -0.05) is 48.6 Å². The molecular weight excluding hydrogens is 1550 g/mol. The molecule has 4 aliphatic heterocycles. The number of pyridine rings is 4. The summed E-state index contributed by atoms with van der Waals surface area (Å²) in [6.07, 6.45) is 29.3. The second-order valence-corrected chi connectivity index (χ2v) is 28.3. The molecule has 12 aromatic heterocycles. The Bertz CT molecular complexity index is 5580. The first-order valence-electron chi connectivity index (χ1n) is 38.6. The van der Waals surface area contributed by atoms with Crippen LogP contribution in [0.1, 0.15) is 135 Å². The molecule has 0 aliphatic carbocycles. The van der Waals surface area contributed by atoms with Gasteiger partial charge in [0, 0.05) is 146 Å². The van der Waals surface area contributed by atoms with Gasteiger partial charge in [-0.3, -0.25) is 75.8 Å². The summed E-state index contributed by atoms with van der Waals surface area (Å²) in [5, 5.41) is 96.4. The maximum Gasteiger partial charge on any atom is 0.274 e. The number of anilines is 4. The zero-order valence-electron chi connectivity index (χ0n) is 65.8. The van der Waals surface area contributed by atoms with E-state index in [4.69, 9.17) is 0 Å². The van der Waals surface area contributed by atoms with Gasteiger partial charge < -0.3 is 63.0 Å². The quantitative estimate of drug-likeness (QED) is 0.0937. The van der Waals surface area contributed by atoms with E-state index in [0.29, 0.717) is 85.0 Å². The van der Waals surface area contributed by atoms with Crippen LogP contribution in [0.3, 0.4) is 0 Å². The Morgan fingerprint density at radius 2 is 0.633 bits per heavy atom. The van der Waals surface area contributed by atoms with Gasteiger partial charge in [-0.05, 0) is 99.9 Å². The van der Waals surface area contributed by atoms with Gasteiger partial charge in [0.15, 0.2) is 22.8 Å². The Morgan fingerprint density at radius 3 is 1.01 bits per heavy atom. The van der Waals surface area contributed by atoms with E-state index in [2.05, 4.69) is 103 Å². The highest BCUT2D eigenvalue weighted by molar-refractivity contribution is 6.10. The normalized spacial score (nSPS) is 18.3. The fourth-order valence-electron chi connectivity index (χ4n) is 12.9. The van der Waals surface area contributed by atoms with E-state index in [-0.39, 0.29) is 88.4 Å². The number of allylic oxidation sites excluding steroid dienone is 2. The predicted molar refractivity (Wildman–Crippen MR) is 435 cm³/mol. The molecule has 0 spiro atoms. The summed E-state index contributed by atoms with van der Waals surface area (Å²) in [5.74, 6) is -3.52. The molecule has 0 saturated carbocycles. The molecule has 4 unspecified atom stereocenters. The lowest BCUT2D eigenvalue weighted by molar-refractivity contribution is 0.00206. The van der Waals surface area contributed by atoms with E-state index >= 15 is 0 Å². The van der Waals surface area contributed by atoms with E-state index < -0.39 is 59.9 Å². The number of aryl methyl sites for hydroxylation is 7. The molecule has 120 heavy (non-hydrogen) atoms. The molecule has 40 nitrogen and oxygen atoms in total. The number of aliphatic hydroxyl groups is 4. The summed E-state index contributed by atoms with van der Waals surface area (Å²) in [5.41, 5.74) is 7.91. The Labute approximate surface area is 684 Å². The third kappa shape index (κ3) is 21.7. The SMILES string of the molecule is Cn1cc2c(n1)C(=O)NC/C=C/CCCn1cc(cn1)-c1cccc(n1)C(=O)N2.Cn1cc2c(n1)C(=O)NC/C=C\CCCn1cc(cn1)-c1cccc(n1)C(=O)N2.Cn1cc2c(n1)C(=O)NCC(O)C(O)CCCn1cc(cn1)-c1cccc(n1)C(=O)N2.Cn1cc2c(n1)C(=O)NCCCC(O)C(O)Cn1cc(cn1)-c1cccc(n1)C(=O)N2.